The van der Waals surface area contributed by atoms with Crippen LogP contribution in [0.2, 0.25) is 0 Å². The van der Waals surface area contributed by atoms with E-state index < -0.39 is 18.0 Å². The van der Waals surface area contributed by atoms with E-state index >= 15 is 0 Å². The molecule has 0 amide bonds. The van der Waals surface area contributed by atoms with Crippen LogP contribution >= 0.6 is 11.8 Å². The smallest absolute Gasteiger partial charge is 0.383 e. The van der Waals surface area contributed by atoms with Crippen LogP contribution in [0.1, 0.15) is 0 Å². The molecule has 0 saturated carbocycles. The van der Waals surface area contributed by atoms with Gasteiger partial charge in [0.15, 0.2) is 11.3 Å². The fourth-order valence-electron chi connectivity index (χ4n) is 1.43. The molecular weight excluding hydrogens is 277 g/mol. The molecule has 102 valence electrons. The topological polar surface area (TPSA) is 38.1 Å². The van der Waals surface area contributed by atoms with Crippen LogP contribution in [0.15, 0.2) is 47.9 Å². The number of nitrogens with zero attached hydrogens (tertiary/aromatic N) is 2. The van der Waals surface area contributed by atoms with Gasteiger partial charge in [-0.15, -0.1) is 0 Å². The maximum Gasteiger partial charge on any atom is 0.415 e. The number of aromatic nitrogens is 2. The van der Waals surface area contributed by atoms with Crippen LogP contribution in [0.25, 0.3) is 5.69 Å². The fourth-order valence-corrected chi connectivity index (χ4v) is 2.37. The van der Waals surface area contributed by atoms with Gasteiger partial charge in [0.2, 0.25) is 0 Å². The number of rotatable bonds is 4. The number of benzene rings is 1. The molecule has 0 aliphatic carbocycles. The third-order valence-corrected chi connectivity index (χ3v) is 3.43. The number of imidazole rings is 1. The molecule has 1 atom stereocenters. The summed E-state index contributed by atoms with van der Waals surface area (Å²) in [6.45, 7) is 0. The number of aliphatic hydroxyl groups excluding tert-OH is 1. The Morgan fingerprint density at radius 1 is 1.26 bits per heavy atom. The Morgan fingerprint density at radius 3 is 2.58 bits per heavy atom. The molecule has 19 heavy (non-hydrogen) atoms. The van der Waals surface area contributed by atoms with Crippen molar-refractivity contribution in [1.82, 2.24) is 9.55 Å². The van der Waals surface area contributed by atoms with Crippen LogP contribution in [-0.2, 0) is 0 Å². The first-order chi connectivity index (χ1) is 8.98. The molecule has 1 aromatic carbocycles. The lowest BCUT2D eigenvalue weighted by atomic mass is 10.3. The summed E-state index contributed by atoms with van der Waals surface area (Å²) in [5.41, 5.74) is 0.809. The number of halogens is 3. The van der Waals surface area contributed by atoms with Crippen molar-refractivity contribution in [1.29, 1.82) is 0 Å². The maximum atomic E-state index is 12.2. The van der Waals surface area contributed by atoms with Crippen LogP contribution in [-0.4, -0.2) is 32.7 Å². The average Bonchev–Trinajstić information content (AvgIpc) is 2.84. The molecule has 2 rings (SSSR count). The van der Waals surface area contributed by atoms with E-state index in [-0.39, 0.29) is 0 Å². The minimum Gasteiger partial charge on any atom is -0.383 e. The predicted octanol–water partition coefficient (Wildman–Crippen LogP) is 2.89. The first kappa shape index (κ1) is 14.0. The molecular formula is C12H11F3N2OS. The Hall–Kier alpha value is -1.47. The second-order valence-corrected chi connectivity index (χ2v) is 4.77. The van der Waals surface area contributed by atoms with Gasteiger partial charge in [0.05, 0.1) is 0 Å². The van der Waals surface area contributed by atoms with E-state index in [1.54, 1.807) is 10.8 Å². The molecule has 0 aliphatic rings. The molecule has 0 aliphatic heterocycles. The lowest BCUT2D eigenvalue weighted by Gasteiger charge is -2.14. The Kier molecular flexibility index (Phi) is 4.16. The Morgan fingerprint density at radius 2 is 1.95 bits per heavy atom. The Bertz CT molecular complexity index is 527. The van der Waals surface area contributed by atoms with Gasteiger partial charge in [-0.05, 0) is 12.1 Å². The van der Waals surface area contributed by atoms with Crippen LogP contribution in [0, 0.1) is 0 Å². The highest BCUT2D eigenvalue weighted by Crippen LogP contribution is 2.27. The molecule has 1 N–H and O–H groups in total. The van der Waals surface area contributed by atoms with Crippen molar-refractivity contribution in [3.05, 3.63) is 42.7 Å². The molecule has 2 aromatic rings. The maximum absolute atomic E-state index is 12.2. The Balaban J connectivity index is 2.09. The van der Waals surface area contributed by atoms with Gasteiger partial charge in [-0.1, -0.05) is 30.0 Å². The standard InChI is InChI=1S/C12H11F3N2OS/c13-12(14,15)10(18)8-19-11-16-6-7-17(11)9-4-2-1-3-5-9/h1-7,10,18H,8H2/t10-/m0/s1. The SMILES string of the molecule is O[C@@H](CSc1nccn1-c1ccccc1)C(F)(F)F. The summed E-state index contributed by atoms with van der Waals surface area (Å²) in [7, 11) is 0. The first-order valence-electron chi connectivity index (χ1n) is 5.45. The quantitative estimate of drug-likeness (QED) is 0.879. The van der Waals surface area contributed by atoms with E-state index in [9.17, 15) is 13.2 Å². The number of para-hydroxylation sites is 1. The van der Waals surface area contributed by atoms with E-state index in [0.717, 1.165) is 17.4 Å². The van der Waals surface area contributed by atoms with Crippen LogP contribution in [0.5, 0.6) is 0 Å². The van der Waals surface area contributed by atoms with Gasteiger partial charge in [-0.2, -0.15) is 13.2 Å². The second-order valence-electron chi connectivity index (χ2n) is 3.78. The van der Waals surface area contributed by atoms with Crippen LogP contribution in [0.3, 0.4) is 0 Å². The molecule has 0 bridgehead atoms. The van der Waals surface area contributed by atoms with Gasteiger partial charge < -0.3 is 5.11 Å². The molecule has 0 unspecified atom stereocenters. The minimum atomic E-state index is -4.60. The normalized spacial score (nSPS) is 13.5. The number of aliphatic hydroxyl groups is 1. The van der Waals surface area contributed by atoms with E-state index in [4.69, 9.17) is 5.11 Å². The number of thioether (sulfide) groups is 1. The van der Waals surface area contributed by atoms with Crippen LogP contribution in [0.4, 0.5) is 13.2 Å². The molecule has 1 heterocycles. The van der Waals surface area contributed by atoms with Crippen molar-refractivity contribution in [2.75, 3.05) is 5.75 Å². The summed E-state index contributed by atoms with van der Waals surface area (Å²) in [4.78, 5) is 3.99. The van der Waals surface area contributed by atoms with Crippen molar-refractivity contribution in [2.45, 2.75) is 17.4 Å². The van der Waals surface area contributed by atoms with Gasteiger partial charge in [0.25, 0.3) is 0 Å². The molecule has 0 saturated heterocycles. The lowest BCUT2D eigenvalue weighted by molar-refractivity contribution is -0.195. The largest absolute Gasteiger partial charge is 0.415 e. The van der Waals surface area contributed by atoms with E-state index in [0.29, 0.717) is 5.16 Å². The zero-order valence-electron chi connectivity index (χ0n) is 9.71. The van der Waals surface area contributed by atoms with E-state index in [1.165, 1.54) is 6.20 Å². The number of alkyl halides is 3. The van der Waals surface area contributed by atoms with Crippen molar-refractivity contribution >= 4 is 11.8 Å². The third-order valence-electron chi connectivity index (χ3n) is 2.39. The summed E-state index contributed by atoms with van der Waals surface area (Å²) < 4.78 is 38.3. The first-order valence-corrected chi connectivity index (χ1v) is 6.43. The van der Waals surface area contributed by atoms with Crippen molar-refractivity contribution in [3.63, 3.8) is 0 Å². The zero-order chi connectivity index (χ0) is 13.9. The summed E-state index contributed by atoms with van der Waals surface area (Å²) in [6.07, 6.45) is -3.78. The van der Waals surface area contributed by atoms with Crippen molar-refractivity contribution in [3.8, 4) is 5.69 Å². The molecule has 0 radical (unpaired) electrons. The van der Waals surface area contributed by atoms with Gasteiger partial charge in [-0.25, -0.2) is 4.98 Å². The summed E-state index contributed by atoms with van der Waals surface area (Å²) in [5.74, 6) is -0.479. The summed E-state index contributed by atoms with van der Waals surface area (Å²) in [5, 5.41) is 9.37. The van der Waals surface area contributed by atoms with Crippen molar-refractivity contribution < 1.29 is 18.3 Å². The third kappa shape index (κ3) is 3.51. The van der Waals surface area contributed by atoms with Crippen molar-refractivity contribution in [2.24, 2.45) is 0 Å². The highest BCUT2D eigenvalue weighted by atomic mass is 32.2. The Labute approximate surface area is 112 Å². The van der Waals surface area contributed by atoms with Gasteiger partial charge >= 0.3 is 6.18 Å². The number of hydrogen-bond donors (Lipinski definition) is 1. The average molecular weight is 288 g/mol. The molecule has 7 heteroatoms. The minimum absolute atomic E-state index is 0.412. The summed E-state index contributed by atoms with van der Waals surface area (Å²) in [6, 6.07) is 9.15. The highest BCUT2D eigenvalue weighted by Gasteiger charge is 2.38. The van der Waals surface area contributed by atoms with Gasteiger partial charge in [0, 0.05) is 23.8 Å². The fraction of sp³-hybridized carbons (Fsp3) is 0.250. The highest BCUT2D eigenvalue weighted by molar-refractivity contribution is 7.99. The molecule has 0 spiro atoms. The molecule has 1 aromatic heterocycles. The van der Waals surface area contributed by atoms with Gasteiger partial charge in [-0.3, -0.25) is 4.57 Å². The molecule has 0 fully saturated rings. The van der Waals surface area contributed by atoms with Gasteiger partial charge in [0.1, 0.15) is 0 Å². The zero-order valence-corrected chi connectivity index (χ0v) is 10.5. The van der Waals surface area contributed by atoms with Crippen LogP contribution < -0.4 is 0 Å². The monoisotopic (exact) mass is 288 g/mol. The van der Waals surface area contributed by atoms with E-state index in [1.807, 2.05) is 30.3 Å². The summed E-state index contributed by atoms with van der Waals surface area (Å²) >= 11 is 0.865. The molecule has 3 nitrogen and oxygen atoms in total. The predicted molar refractivity (Wildman–Crippen MR) is 66.3 cm³/mol. The lowest BCUT2D eigenvalue weighted by Crippen LogP contribution is -2.30. The van der Waals surface area contributed by atoms with E-state index in [2.05, 4.69) is 4.98 Å². The second kappa shape index (κ2) is 5.66. The number of hydrogen-bond acceptors (Lipinski definition) is 3.